The van der Waals surface area contributed by atoms with E-state index in [1.54, 1.807) is 24.3 Å². The van der Waals surface area contributed by atoms with Crippen molar-refractivity contribution in [1.29, 1.82) is 0 Å². The molecule has 1 saturated heterocycles. The zero-order chi connectivity index (χ0) is 26.1. The van der Waals surface area contributed by atoms with Gasteiger partial charge in [0.15, 0.2) is 11.6 Å². The highest BCUT2D eigenvalue weighted by Gasteiger charge is 2.53. The van der Waals surface area contributed by atoms with Crippen LogP contribution in [0.25, 0.3) is 6.08 Å². The number of aromatic hydroxyl groups is 1. The van der Waals surface area contributed by atoms with Gasteiger partial charge in [0.1, 0.15) is 5.75 Å². The Balaban J connectivity index is 1.46. The maximum atomic E-state index is 13.7. The van der Waals surface area contributed by atoms with Crippen LogP contribution in [0.4, 0.5) is 0 Å². The molecular weight excluding hydrogens is 463 g/mol. The lowest BCUT2D eigenvalue weighted by molar-refractivity contribution is 0.0598. The van der Waals surface area contributed by atoms with E-state index in [1.165, 1.54) is 11.1 Å². The third kappa shape index (κ3) is 4.97. The Morgan fingerprint density at radius 3 is 2.41 bits per heavy atom. The van der Waals surface area contributed by atoms with E-state index in [4.69, 9.17) is 4.65 Å². The van der Waals surface area contributed by atoms with Gasteiger partial charge in [0.25, 0.3) is 0 Å². The molecule has 0 bridgehead atoms. The average Bonchev–Trinajstić information content (AvgIpc) is 2.90. The maximum absolute atomic E-state index is 13.7. The molecule has 37 heavy (non-hydrogen) atoms. The molecule has 0 saturated carbocycles. The van der Waals surface area contributed by atoms with E-state index in [0.717, 1.165) is 36.8 Å². The van der Waals surface area contributed by atoms with Gasteiger partial charge >= 0.3 is 7.12 Å². The smallest absolute Gasteiger partial charge is 0.455 e. The third-order valence-electron chi connectivity index (χ3n) is 8.36. The molecule has 0 spiro atoms. The minimum Gasteiger partial charge on any atom is -0.508 e. The van der Waals surface area contributed by atoms with E-state index < -0.39 is 13.0 Å². The second-order valence-corrected chi connectivity index (χ2v) is 10.6. The van der Waals surface area contributed by atoms with Gasteiger partial charge in [0, 0.05) is 23.0 Å². The Morgan fingerprint density at radius 1 is 1.03 bits per heavy atom. The number of phenols is 1. The molecule has 0 unspecified atom stereocenters. The van der Waals surface area contributed by atoms with Crippen LogP contribution in [0.3, 0.4) is 0 Å². The highest BCUT2D eigenvalue weighted by atomic mass is 16.5. The molecule has 2 N–H and O–H groups in total. The summed E-state index contributed by atoms with van der Waals surface area (Å²) in [6.45, 7) is 4.27. The molecule has 4 atom stereocenters. The minimum atomic E-state index is -0.952. The van der Waals surface area contributed by atoms with Crippen LogP contribution in [0.2, 0.25) is 6.32 Å². The van der Waals surface area contributed by atoms with Crippen LogP contribution < -0.4 is 0 Å². The van der Waals surface area contributed by atoms with Crippen molar-refractivity contribution < 1.29 is 24.4 Å². The van der Waals surface area contributed by atoms with Crippen LogP contribution in [-0.2, 0) is 4.65 Å². The van der Waals surface area contributed by atoms with Gasteiger partial charge in [-0.05, 0) is 67.6 Å². The average molecular weight is 498 g/mol. The molecule has 0 amide bonds. The van der Waals surface area contributed by atoms with Gasteiger partial charge in [-0.1, -0.05) is 73.9 Å². The number of rotatable bonds is 7. The van der Waals surface area contributed by atoms with Crippen molar-refractivity contribution in [3.05, 3.63) is 81.9 Å². The first-order valence-electron chi connectivity index (χ1n) is 13.6. The van der Waals surface area contributed by atoms with Crippen LogP contribution in [-0.4, -0.2) is 34.9 Å². The van der Waals surface area contributed by atoms with Crippen LogP contribution in [0, 0.1) is 17.8 Å². The van der Waals surface area contributed by atoms with Crippen LogP contribution >= 0.6 is 0 Å². The number of allylic oxidation sites excluding steroid dienone is 2. The summed E-state index contributed by atoms with van der Waals surface area (Å²) in [6.07, 6.45) is 7.05. The molecular formula is C31H35BO5. The van der Waals surface area contributed by atoms with Gasteiger partial charge in [-0.2, -0.15) is 0 Å². The molecule has 2 aromatic rings. The Kier molecular flexibility index (Phi) is 7.50. The molecule has 1 heterocycles. The fraction of sp³-hybridized carbons (Fsp3) is 0.419. The number of phenolic OH excluding ortho intramolecular Hbond substituents is 1. The number of carbonyl (C=O) groups is 2. The van der Waals surface area contributed by atoms with E-state index in [0.29, 0.717) is 30.3 Å². The molecule has 1 fully saturated rings. The first kappa shape index (κ1) is 25.7. The quantitative estimate of drug-likeness (QED) is 0.347. The first-order valence-corrected chi connectivity index (χ1v) is 13.6. The van der Waals surface area contributed by atoms with E-state index in [9.17, 15) is 19.7 Å². The fourth-order valence-electron chi connectivity index (χ4n) is 6.68. The summed E-state index contributed by atoms with van der Waals surface area (Å²) in [5.74, 6) is -0.621. The van der Waals surface area contributed by atoms with Crippen molar-refractivity contribution in [2.24, 2.45) is 17.8 Å². The molecule has 1 aliphatic heterocycles. The molecule has 5 nitrogen and oxygen atoms in total. The summed E-state index contributed by atoms with van der Waals surface area (Å²) in [7, 11) is -0.952. The van der Waals surface area contributed by atoms with Crippen molar-refractivity contribution in [3.63, 3.8) is 0 Å². The number of ketones is 2. The molecule has 0 radical (unpaired) electrons. The van der Waals surface area contributed by atoms with Gasteiger partial charge < -0.3 is 14.8 Å². The van der Waals surface area contributed by atoms with E-state index in [2.05, 4.69) is 19.9 Å². The van der Waals surface area contributed by atoms with Crippen molar-refractivity contribution in [1.82, 2.24) is 0 Å². The predicted molar refractivity (Wildman–Crippen MR) is 145 cm³/mol. The minimum absolute atomic E-state index is 0.0348. The number of hydrogen-bond donors (Lipinski definition) is 2. The largest absolute Gasteiger partial charge is 0.508 e. The zero-order valence-electron chi connectivity index (χ0n) is 21.7. The summed E-state index contributed by atoms with van der Waals surface area (Å²) in [6, 6.07) is 14.4. The van der Waals surface area contributed by atoms with Gasteiger partial charge in [-0.25, -0.2) is 0 Å². The van der Waals surface area contributed by atoms with Gasteiger partial charge in [0.2, 0.25) is 0 Å². The Hall–Kier alpha value is -2.96. The van der Waals surface area contributed by atoms with E-state index >= 15 is 0 Å². The highest BCUT2D eigenvalue weighted by molar-refractivity contribution is 6.43. The topological polar surface area (TPSA) is 83.8 Å². The first-order chi connectivity index (χ1) is 17.9. The second kappa shape index (κ2) is 10.8. The lowest BCUT2D eigenvalue weighted by Gasteiger charge is -2.47. The molecule has 5 rings (SSSR count). The molecule has 6 heteroatoms. The van der Waals surface area contributed by atoms with Crippen LogP contribution in [0.15, 0.2) is 65.3 Å². The van der Waals surface area contributed by atoms with Crippen LogP contribution in [0.5, 0.6) is 5.75 Å². The summed E-state index contributed by atoms with van der Waals surface area (Å²) in [5, 5.41) is 20.4. The standard InChI is InChI=1S/C31H35BO5/c1-3-7-21-17-25-29(31(35)24-9-6-5-8-23(24)30(25)34)26-18-32(36)37-27(28(21)26)15-12-19(4-2)16-20-10-13-22(33)14-11-20/h5-6,8-11,13-14,16,25-27,29,33,36H,3-4,7,12,15,17-18H2,1-2H3/b19-16+/t25-,26+,27-,29-/m1/s1. The van der Waals surface area contributed by atoms with Gasteiger partial charge in [-0.3, -0.25) is 9.59 Å². The Morgan fingerprint density at radius 2 is 1.73 bits per heavy atom. The molecule has 2 aliphatic carbocycles. The Labute approximate surface area is 219 Å². The van der Waals surface area contributed by atoms with Crippen molar-refractivity contribution in [2.45, 2.75) is 64.8 Å². The summed E-state index contributed by atoms with van der Waals surface area (Å²) < 4.78 is 6.15. The summed E-state index contributed by atoms with van der Waals surface area (Å²) in [5.41, 5.74) is 5.77. The van der Waals surface area contributed by atoms with Gasteiger partial charge in [-0.15, -0.1) is 0 Å². The summed E-state index contributed by atoms with van der Waals surface area (Å²) in [4.78, 5) is 27.3. The number of hydrogen-bond acceptors (Lipinski definition) is 5. The predicted octanol–water partition coefficient (Wildman–Crippen LogP) is 6.27. The van der Waals surface area contributed by atoms with E-state index in [-0.39, 0.29) is 35.3 Å². The fourth-order valence-corrected chi connectivity index (χ4v) is 6.68. The number of Topliss-reactive ketones (excluding diaryl/α,β-unsaturated/α-hetero) is 2. The zero-order valence-corrected chi connectivity index (χ0v) is 21.7. The van der Waals surface area contributed by atoms with Crippen molar-refractivity contribution in [3.8, 4) is 5.75 Å². The SMILES string of the molecule is CCCC1=C2[C@@H](CC/C(=C/c3ccc(O)cc3)CC)OB(O)C[C@@H]2[C@@H]2C(=O)c3ccccc3C(=O)[C@@H]2C1. The lowest BCUT2D eigenvalue weighted by atomic mass is 9.54. The highest BCUT2D eigenvalue weighted by Crippen LogP contribution is 2.51. The molecule has 192 valence electrons. The normalized spacial score (nSPS) is 25.6. The van der Waals surface area contributed by atoms with Crippen molar-refractivity contribution in [2.75, 3.05) is 0 Å². The number of benzene rings is 2. The lowest BCUT2D eigenvalue weighted by Crippen LogP contribution is -2.50. The summed E-state index contributed by atoms with van der Waals surface area (Å²) >= 11 is 0. The van der Waals surface area contributed by atoms with Crippen LogP contribution in [0.1, 0.15) is 78.7 Å². The molecule has 2 aromatic carbocycles. The van der Waals surface area contributed by atoms with Gasteiger partial charge in [0.05, 0.1) is 6.10 Å². The van der Waals surface area contributed by atoms with E-state index in [1.807, 2.05) is 24.3 Å². The Bertz CT molecular complexity index is 1240. The number of fused-ring (bicyclic) bond motifs is 4. The third-order valence-corrected chi connectivity index (χ3v) is 8.36. The second-order valence-electron chi connectivity index (χ2n) is 10.6. The molecule has 0 aromatic heterocycles. The maximum Gasteiger partial charge on any atom is 0.455 e. The molecule has 3 aliphatic rings. The monoisotopic (exact) mass is 498 g/mol. The number of carbonyl (C=O) groups excluding carboxylic acids is 2. The van der Waals surface area contributed by atoms with Crippen molar-refractivity contribution >= 4 is 24.8 Å².